The van der Waals surface area contributed by atoms with Gasteiger partial charge in [-0.2, -0.15) is 0 Å². The van der Waals surface area contributed by atoms with Gasteiger partial charge in [0.2, 0.25) is 0 Å². The highest BCUT2D eigenvalue weighted by Gasteiger charge is 2.36. The fraction of sp³-hybridized carbons (Fsp3) is 0.444. The Hall–Kier alpha value is -1.74. The van der Waals surface area contributed by atoms with E-state index in [4.69, 9.17) is 9.15 Å². The van der Waals surface area contributed by atoms with Crippen LogP contribution in [-0.2, 0) is 13.1 Å². The van der Waals surface area contributed by atoms with Gasteiger partial charge in [-0.05, 0) is 37.5 Å². The molecule has 2 aromatic rings. The van der Waals surface area contributed by atoms with Gasteiger partial charge in [-0.15, -0.1) is 0 Å². The maximum atomic E-state index is 5.90. The zero-order valence-corrected chi connectivity index (χ0v) is 12.8. The van der Waals surface area contributed by atoms with Crippen LogP contribution in [0.2, 0.25) is 0 Å². The highest BCUT2D eigenvalue weighted by Crippen LogP contribution is 2.47. The van der Waals surface area contributed by atoms with E-state index in [0.717, 1.165) is 36.3 Å². The second-order valence-corrected chi connectivity index (χ2v) is 5.77. The highest BCUT2D eigenvalue weighted by molar-refractivity contribution is 5.33. The van der Waals surface area contributed by atoms with E-state index in [2.05, 4.69) is 30.4 Å². The first kappa shape index (κ1) is 14.2. The van der Waals surface area contributed by atoms with E-state index in [-0.39, 0.29) is 0 Å². The van der Waals surface area contributed by atoms with Crippen molar-refractivity contribution in [2.75, 3.05) is 6.61 Å². The van der Waals surface area contributed by atoms with Crippen LogP contribution < -0.4 is 10.1 Å². The molecule has 1 fully saturated rings. The molecule has 0 radical (unpaired) electrons. The third-order valence-corrected chi connectivity index (χ3v) is 4.04. The Kier molecular flexibility index (Phi) is 4.30. The number of benzene rings is 1. The minimum Gasteiger partial charge on any atom is -0.494 e. The average Bonchev–Trinajstić information content (AvgIpc) is 3.03. The molecule has 112 valence electrons. The van der Waals surface area contributed by atoms with Crippen LogP contribution in [0.25, 0.3) is 0 Å². The van der Waals surface area contributed by atoms with Crippen LogP contribution in [0.15, 0.2) is 40.8 Å². The number of nitrogens with one attached hydrogen (secondary N) is 1. The van der Waals surface area contributed by atoms with Gasteiger partial charge in [0.25, 0.3) is 0 Å². The summed E-state index contributed by atoms with van der Waals surface area (Å²) >= 11 is 0. The lowest BCUT2D eigenvalue weighted by Crippen LogP contribution is -2.13. The molecule has 1 aromatic carbocycles. The van der Waals surface area contributed by atoms with E-state index in [0.29, 0.717) is 12.5 Å². The van der Waals surface area contributed by atoms with Gasteiger partial charge < -0.3 is 14.5 Å². The predicted octanol–water partition coefficient (Wildman–Crippen LogP) is 4.09. The number of hydrogen-bond acceptors (Lipinski definition) is 3. The van der Waals surface area contributed by atoms with E-state index in [1.54, 1.807) is 0 Å². The van der Waals surface area contributed by atoms with Gasteiger partial charge in [0, 0.05) is 18.0 Å². The van der Waals surface area contributed by atoms with Crippen molar-refractivity contribution in [3.63, 3.8) is 0 Å². The summed E-state index contributed by atoms with van der Waals surface area (Å²) < 4.78 is 11.5. The van der Waals surface area contributed by atoms with Gasteiger partial charge in [-0.25, -0.2) is 0 Å². The van der Waals surface area contributed by atoms with E-state index < -0.39 is 0 Å². The summed E-state index contributed by atoms with van der Waals surface area (Å²) in [5, 5.41) is 3.43. The summed E-state index contributed by atoms with van der Waals surface area (Å²) in [4.78, 5) is 0. The van der Waals surface area contributed by atoms with Gasteiger partial charge in [0.15, 0.2) is 0 Å². The molecule has 1 saturated carbocycles. The van der Waals surface area contributed by atoms with Gasteiger partial charge in [0.05, 0.1) is 13.2 Å². The standard InChI is InChI=1S/C18H23NO2/c1-3-20-17-7-5-4-6-14(17)11-19-12-15-8-9-18(21-15)16-10-13(16)2/h4-9,13,16,19H,3,10-12H2,1-2H3. The quantitative estimate of drug-likeness (QED) is 0.832. The summed E-state index contributed by atoms with van der Waals surface area (Å²) in [5.74, 6) is 4.55. The molecule has 3 rings (SSSR count). The average molecular weight is 285 g/mol. The molecule has 0 amide bonds. The van der Waals surface area contributed by atoms with Gasteiger partial charge >= 0.3 is 0 Å². The SMILES string of the molecule is CCOc1ccccc1CNCc1ccc(C2CC2C)o1. The molecule has 1 aliphatic rings. The Labute approximate surface area is 126 Å². The highest BCUT2D eigenvalue weighted by atomic mass is 16.5. The summed E-state index contributed by atoms with van der Waals surface area (Å²) in [5.41, 5.74) is 1.18. The number of hydrogen-bond donors (Lipinski definition) is 1. The Balaban J connectivity index is 1.53. The Morgan fingerprint density at radius 3 is 2.76 bits per heavy atom. The molecule has 1 aliphatic carbocycles. The van der Waals surface area contributed by atoms with Crippen LogP contribution in [-0.4, -0.2) is 6.61 Å². The molecule has 3 heteroatoms. The molecule has 21 heavy (non-hydrogen) atoms. The molecule has 0 spiro atoms. The molecule has 0 bridgehead atoms. The summed E-state index contributed by atoms with van der Waals surface area (Å²) in [7, 11) is 0. The number of furan rings is 1. The van der Waals surface area contributed by atoms with Crippen LogP contribution >= 0.6 is 0 Å². The van der Waals surface area contributed by atoms with Crippen LogP contribution in [0, 0.1) is 5.92 Å². The lowest BCUT2D eigenvalue weighted by molar-refractivity contribution is 0.335. The molecule has 0 saturated heterocycles. The summed E-state index contributed by atoms with van der Waals surface area (Å²) in [6.07, 6.45) is 1.27. The Bertz CT molecular complexity index is 590. The summed E-state index contributed by atoms with van der Waals surface area (Å²) in [6, 6.07) is 12.4. The van der Waals surface area contributed by atoms with Crippen molar-refractivity contribution in [2.24, 2.45) is 5.92 Å². The molecule has 1 aromatic heterocycles. The molecular formula is C18H23NO2. The smallest absolute Gasteiger partial charge is 0.123 e. The van der Waals surface area contributed by atoms with Crippen molar-refractivity contribution < 1.29 is 9.15 Å². The van der Waals surface area contributed by atoms with E-state index in [1.807, 2.05) is 25.1 Å². The molecule has 2 atom stereocenters. The van der Waals surface area contributed by atoms with Gasteiger partial charge in [0.1, 0.15) is 17.3 Å². The lowest BCUT2D eigenvalue weighted by Gasteiger charge is -2.10. The van der Waals surface area contributed by atoms with Crippen molar-refractivity contribution in [1.29, 1.82) is 0 Å². The van der Waals surface area contributed by atoms with Crippen LogP contribution in [0.4, 0.5) is 0 Å². The van der Waals surface area contributed by atoms with Crippen molar-refractivity contribution in [3.8, 4) is 5.75 Å². The Morgan fingerprint density at radius 2 is 2.00 bits per heavy atom. The van der Waals surface area contributed by atoms with Crippen molar-refractivity contribution in [2.45, 2.75) is 39.3 Å². The van der Waals surface area contributed by atoms with E-state index >= 15 is 0 Å². The molecule has 1 heterocycles. The van der Waals surface area contributed by atoms with Crippen molar-refractivity contribution in [1.82, 2.24) is 5.32 Å². The number of para-hydroxylation sites is 1. The van der Waals surface area contributed by atoms with Gasteiger partial charge in [-0.1, -0.05) is 25.1 Å². The fourth-order valence-corrected chi connectivity index (χ4v) is 2.67. The van der Waals surface area contributed by atoms with Crippen molar-refractivity contribution >= 4 is 0 Å². The second-order valence-electron chi connectivity index (χ2n) is 5.77. The number of rotatable bonds is 7. The maximum Gasteiger partial charge on any atom is 0.123 e. The zero-order chi connectivity index (χ0) is 14.7. The summed E-state index contributed by atoms with van der Waals surface area (Å²) in [6.45, 7) is 6.51. The van der Waals surface area contributed by atoms with E-state index in [9.17, 15) is 0 Å². The molecule has 0 aliphatic heterocycles. The van der Waals surface area contributed by atoms with E-state index in [1.165, 1.54) is 12.0 Å². The third kappa shape index (κ3) is 3.48. The fourth-order valence-electron chi connectivity index (χ4n) is 2.67. The molecule has 1 N–H and O–H groups in total. The molecular weight excluding hydrogens is 262 g/mol. The third-order valence-electron chi connectivity index (χ3n) is 4.04. The maximum absolute atomic E-state index is 5.90. The first-order valence-electron chi connectivity index (χ1n) is 7.78. The van der Waals surface area contributed by atoms with Crippen LogP contribution in [0.1, 0.15) is 43.3 Å². The van der Waals surface area contributed by atoms with Crippen LogP contribution in [0.3, 0.4) is 0 Å². The monoisotopic (exact) mass is 285 g/mol. The topological polar surface area (TPSA) is 34.4 Å². The largest absolute Gasteiger partial charge is 0.494 e. The first-order chi connectivity index (χ1) is 10.3. The number of ether oxygens (including phenoxy) is 1. The minimum atomic E-state index is 0.650. The second kappa shape index (κ2) is 6.35. The Morgan fingerprint density at radius 1 is 1.19 bits per heavy atom. The molecule has 2 unspecified atom stereocenters. The van der Waals surface area contributed by atoms with Crippen molar-refractivity contribution in [3.05, 3.63) is 53.5 Å². The zero-order valence-electron chi connectivity index (χ0n) is 12.8. The normalized spacial score (nSPS) is 20.5. The predicted molar refractivity (Wildman–Crippen MR) is 83.4 cm³/mol. The lowest BCUT2D eigenvalue weighted by atomic mass is 10.2. The van der Waals surface area contributed by atoms with Gasteiger partial charge in [-0.3, -0.25) is 0 Å². The first-order valence-corrected chi connectivity index (χ1v) is 7.78. The molecule has 3 nitrogen and oxygen atoms in total. The van der Waals surface area contributed by atoms with Crippen LogP contribution in [0.5, 0.6) is 5.75 Å². The minimum absolute atomic E-state index is 0.650.